The van der Waals surface area contributed by atoms with Crippen LogP contribution < -0.4 is 24.8 Å². The van der Waals surface area contributed by atoms with Gasteiger partial charge >= 0.3 is 5.97 Å². The van der Waals surface area contributed by atoms with Gasteiger partial charge in [-0.3, -0.25) is 14.2 Å². The molecule has 1 heterocycles. The molecule has 1 aromatic heterocycles. The predicted molar refractivity (Wildman–Crippen MR) is 141 cm³/mol. The molecule has 0 saturated carbocycles. The standard InChI is InChI=1S/C27H27N3O6S/c1-17(2)36-22-8-5-4-7-19(22)15-23-25(32)30(13-6-14-35-3)26(37-23)21(16-28)24(31)29-20-11-9-18(10-12-20)27(33)34/h4-5,7-12,15,17H,6,13-14H2,1-3H3,(H,29,31)(H,33,34)/b23-15+,26-21?. The molecule has 0 radical (unpaired) electrons. The van der Waals surface area contributed by atoms with Gasteiger partial charge in [0.15, 0.2) is 5.57 Å². The molecule has 3 aromatic rings. The third kappa shape index (κ3) is 6.94. The molecule has 10 heteroatoms. The van der Waals surface area contributed by atoms with Crippen molar-refractivity contribution >= 4 is 40.5 Å². The van der Waals surface area contributed by atoms with Gasteiger partial charge in [-0.2, -0.15) is 5.26 Å². The number of carboxylic acid groups (broad SMARTS) is 1. The van der Waals surface area contributed by atoms with E-state index in [9.17, 15) is 19.6 Å². The highest BCUT2D eigenvalue weighted by atomic mass is 32.1. The van der Waals surface area contributed by atoms with Crippen molar-refractivity contribution in [3.63, 3.8) is 0 Å². The van der Waals surface area contributed by atoms with Gasteiger partial charge in [0.2, 0.25) is 0 Å². The van der Waals surface area contributed by atoms with Crippen molar-refractivity contribution in [1.82, 2.24) is 4.57 Å². The first-order chi connectivity index (χ1) is 17.7. The summed E-state index contributed by atoms with van der Waals surface area (Å²) < 4.78 is 12.9. The van der Waals surface area contributed by atoms with E-state index < -0.39 is 11.9 Å². The number of hydrogen-bond donors (Lipinski definition) is 2. The van der Waals surface area contributed by atoms with Crippen LogP contribution in [0.1, 0.15) is 36.2 Å². The van der Waals surface area contributed by atoms with E-state index in [-0.39, 0.29) is 34.0 Å². The van der Waals surface area contributed by atoms with Crippen LogP contribution in [0.15, 0.2) is 53.3 Å². The molecule has 192 valence electrons. The minimum atomic E-state index is -1.09. The van der Waals surface area contributed by atoms with Crippen LogP contribution in [0.3, 0.4) is 0 Å². The fourth-order valence-corrected chi connectivity index (χ4v) is 4.58. The smallest absolute Gasteiger partial charge is 0.335 e. The van der Waals surface area contributed by atoms with Crippen molar-refractivity contribution in [2.24, 2.45) is 0 Å². The maximum absolute atomic E-state index is 13.4. The van der Waals surface area contributed by atoms with Crippen molar-refractivity contribution in [3.05, 3.63) is 79.2 Å². The molecule has 1 amide bonds. The maximum atomic E-state index is 13.4. The third-order valence-electron chi connectivity index (χ3n) is 5.15. The molecule has 0 bridgehead atoms. The minimum absolute atomic E-state index is 0.0640. The summed E-state index contributed by atoms with van der Waals surface area (Å²) in [5.74, 6) is -1.18. The molecule has 0 spiro atoms. The molecule has 0 aliphatic carbocycles. The Bertz CT molecular complexity index is 1500. The van der Waals surface area contributed by atoms with Crippen LogP contribution in [0.4, 0.5) is 5.69 Å². The molecule has 0 atom stereocenters. The van der Waals surface area contributed by atoms with Crippen LogP contribution in [-0.2, 0) is 16.1 Å². The number of aromatic nitrogens is 1. The highest BCUT2D eigenvalue weighted by Gasteiger charge is 2.17. The summed E-state index contributed by atoms with van der Waals surface area (Å²) in [4.78, 5) is 37.5. The monoisotopic (exact) mass is 521 g/mol. The molecule has 0 unspecified atom stereocenters. The number of benzene rings is 2. The zero-order valence-corrected chi connectivity index (χ0v) is 21.5. The SMILES string of the molecule is COCCCn1c(=C(C#N)C(=O)Nc2ccc(C(=O)O)cc2)s/c(=C/c2ccccc2OC(C)C)c1=O. The third-order valence-corrected chi connectivity index (χ3v) is 6.28. The molecule has 2 aromatic carbocycles. The van der Waals surface area contributed by atoms with Gasteiger partial charge in [-0.15, -0.1) is 11.3 Å². The molecule has 37 heavy (non-hydrogen) atoms. The van der Waals surface area contributed by atoms with Gasteiger partial charge in [0, 0.05) is 31.5 Å². The van der Waals surface area contributed by atoms with E-state index in [0.29, 0.717) is 34.6 Å². The van der Waals surface area contributed by atoms with E-state index in [4.69, 9.17) is 14.6 Å². The average Bonchev–Trinajstić information content (AvgIpc) is 3.15. The maximum Gasteiger partial charge on any atom is 0.335 e. The number of nitriles is 1. The van der Waals surface area contributed by atoms with E-state index in [1.54, 1.807) is 13.2 Å². The lowest BCUT2D eigenvalue weighted by atomic mass is 10.2. The normalized spacial score (nSPS) is 12.2. The van der Waals surface area contributed by atoms with E-state index in [0.717, 1.165) is 11.3 Å². The number of nitrogens with one attached hydrogen (secondary N) is 1. The van der Waals surface area contributed by atoms with Crippen LogP contribution in [0.2, 0.25) is 0 Å². The number of nitrogens with zero attached hydrogens (tertiary/aromatic N) is 2. The number of para-hydroxylation sites is 1. The first-order valence-corrected chi connectivity index (χ1v) is 12.3. The van der Waals surface area contributed by atoms with Crippen LogP contribution in [0, 0.1) is 11.3 Å². The average molecular weight is 522 g/mol. The van der Waals surface area contributed by atoms with Gasteiger partial charge in [-0.1, -0.05) is 18.2 Å². The van der Waals surface area contributed by atoms with E-state index in [1.165, 1.54) is 28.8 Å². The highest BCUT2D eigenvalue weighted by molar-refractivity contribution is 7.07. The fraction of sp³-hybridized carbons (Fsp3) is 0.259. The summed E-state index contributed by atoms with van der Waals surface area (Å²) in [6, 6.07) is 14.8. The second-order valence-electron chi connectivity index (χ2n) is 8.25. The number of ether oxygens (including phenoxy) is 2. The quantitative estimate of drug-likeness (QED) is 0.392. The molecular formula is C27H27N3O6S. The Morgan fingerprint density at radius 2 is 1.89 bits per heavy atom. The topological polar surface area (TPSA) is 131 Å². The number of amides is 1. The van der Waals surface area contributed by atoms with Crippen molar-refractivity contribution in [1.29, 1.82) is 5.26 Å². The van der Waals surface area contributed by atoms with Crippen LogP contribution in [-0.4, -0.2) is 41.4 Å². The summed E-state index contributed by atoms with van der Waals surface area (Å²) in [7, 11) is 1.55. The van der Waals surface area contributed by atoms with Crippen LogP contribution in [0.25, 0.3) is 11.6 Å². The van der Waals surface area contributed by atoms with Gasteiger partial charge in [-0.25, -0.2) is 4.79 Å². The summed E-state index contributed by atoms with van der Waals surface area (Å²) in [6.07, 6.45) is 2.13. The lowest BCUT2D eigenvalue weighted by Gasteiger charge is -2.11. The summed E-state index contributed by atoms with van der Waals surface area (Å²) >= 11 is 1.04. The largest absolute Gasteiger partial charge is 0.490 e. The van der Waals surface area contributed by atoms with Crippen LogP contribution >= 0.6 is 11.3 Å². The van der Waals surface area contributed by atoms with Crippen molar-refractivity contribution in [2.75, 3.05) is 19.0 Å². The number of hydrogen-bond acceptors (Lipinski definition) is 7. The summed E-state index contributed by atoms with van der Waals surface area (Å²) in [6.45, 7) is 4.47. The number of carbonyl (C=O) groups is 2. The fourth-order valence-electron chi connectivity index (χ4n) is 3.46. The zero-order valence-electron chi connectivity index (χ0n) is 20.7. The number of methoxy groups -OCH3 is 1. The highest BCUT2D eigenvalue weighted by Crippen LogP contribution is 2.20. The van der Waals surface area contributed by atoms with Crippen molar-refractivity contribution < 1.29 is 24.2 Å². The Kier molecular flexibility index (Phi) is 9.38. The molecule has 2 N–H and O–H groups in total. The van der Waals surface area contributed by atoms with Gasteiger partial charge in [0.05, 0.1) is 16.2 Å². The molecular weight excluding hydrogens is 494 g/mol. The number of thiazole rings is 1. The van der Waals surface area contributed by atoms with E-state index in [1.807, 2.05) is 44.2 Å². The number of anilines is 1. The van der Waals surface area contributed by atoms with E-state index >= 15 is 0 Å². The minimum Gasteiger partial charge on any atom is -0.490 e. The Morgan fingerprint density at radius 1 is 1.19 bits per heavy atom. The lowest BCUT2D eigenvalue weighted by Crippen LogP contribution is -2.34. The first-order valence-electron chi connectivity index (χ1n) is 11.5. The van der Waals surface area contributed by atoms with E-state index in [2.05, 4.69) is 5.32 Å². The Balaban J connectivity index is 2.12. The second kappa shape index (κ2) is 12.7. The van der Waals surface area contributed by atoms with Crippen molar-refractivity contribution in [3.8, 4) is 11.8 Å². The van der Waals surface area contributed by atoms with Gasteiger partial charge in [0.25, 0.3) is 11.5 Å². The summed E-state index contributed by atoms with van der Waals surface area (Å²) in [5.41, 5.74) is 0.524. The second-order valence-corrected chi connectivity index (χ2v) is 9.28. The number of rotatable bonds is 10. The molecule has 0 fully saturated rings. The van der Waals surface area contributed by atoms with Crippen molar-refractivity contribution in [2.45, 2.75) is 32.9 Å². The zero-order chi connectivity index (χ0) is 26.9. The number of carbonyl (C=O) groups excluding carboxylic acids is 1. The Hall–Kier alpha value is -4.20. The Morgan fingerprint density at radius 3 is 2.51 bits per heavy atom. The molecule has 9 nitrogen and oxygen atoms in total. The molecule has 0 saturated heterocycles. The number of carboxylic acids is 1. The van der Waals surface area contributed by atoms with Gasteiger partial charge in [0.1, 0.15) is 16.5 Å². The van der Waals surface area contributed by atoms with Gasteiger partial charge in [-0.05, 0) is 56.7 Å². The van der Waals surface area contributed by atoms with Crippen LogP contribution in [0.5, 0.6) is 5.75 Å². The lowest BCUT2D eigenvalue weighted by molar-refractivity contribution is -0.111. The number of aromatic carboxylic acids is 1. The summed E-state index contributed by atoms with van der Waals surface area (Å²) in [5, 5.41) is 21.6. The Labute approximate surface area is 217 Å². The first kappa shape index (κ1) is 27.4. The molecule has 3 rings (SSSR count). The molecule has 0 aliphatic rings. The molecule has 0 aliphatic heterocycles. The predicted octanol–water partition coefficient (Wildman–Crippen LogP) is 2.57. The van der Waals surface area contributed by atoms with Gasteiger partial charge < -0.3 is 19.9 Å².